The Hall–Kier alpha value is -12.0. The lowest BCUT2D eigenvalue weighted by Crippen LogP contribution is -2.05. The van der Waals surface area contributed by atoms with E-state index in [1.165, 1.54) is 103 Å². The number of anilines is 1. The van der Waals surface area contributed by atoms with Gasteiger partial charge in [-0.2, -0.15) is 0 Å². The molecule has 0 aliphatic heterocycles. The molecule has 0 aliphatic carbocycles. The molecule has 7 N–H and O–H groups in total. The van der Waals surface area contributed by atoms with Crippen LogP contribution < -0.4 is 43.6 Å². The number of nitrogens with two attached hydrogens (primary N) is 1. The summed E-state index contributed by atoms with van der Waals surface area (Å²) in [5.41, 5.74) is 9.16. The number of carbonyl (C=O) groups is 9. The topological polar surface area (TPSA) is 355 Å². The van der Waals surface area contributed by atoms with Crippen LogP contribution in [0.1, 0.15) is 145 Å². The molecule has 8 rings (SSSR count). The number of ketones is 8. The fraction of sp³-hybridized carbons (Fsp3) is 0.219. The van der Waals surface area contributed by atoms with Crippen LogP contribution in [0.15, 0.2) is 158 Å². The number of phenols is 5. The van der Waals surface area contributed by atoms with Crippen molar-refractivity contribution in [2.75, 3.05) is 55.5 Å². The molecule has 0 saturated carbocycles. The molecule has 8 aromatic carbocycles. The summed E-state index contributed by atoms with van der Waals surface area (Å²) in [6.45, 7) is 12.8. The maximum atomic E-state index is 11.4. The monoisotopic (exact) mass is 1320 g/mol. The summed E-state index contributed by atoms with van der Waals surface area (Å²) in [4.78, 5) is 98.5. The highest BCUT2D eigenvalue weighted by molar-refractivity contribution is 6.02. The van der Waals surface area contributed by atoms with Crippen LogP contribution in [0.25, 0.3) is 0 Å². The van der Waals surface area contributed by atoms with Crippen LogP contribution in [-0.4, -0.2) is 128 Å². The minimum atomic E-state index is -0.454. The van der Waals surface area contributed by atoms with Crippen LogP contribution >= 0.6 is 0 Å². The average molecular weight is 1320 g/mol. The predicted molar refractivity (Wildman–Crippen MR) is 361 cm³/mol. The molecule has 0 aromatic heterocycles. The number of Topliss-reactive ketones (excluding diaryl/α,β-unsaturated/α-hetero) is 8. The van der Waals surface area contributed by atoms with E-state index < -0.39 is 23.3 Å². The number of phenolic OH excluding ortho intramolecular Hbond substituents is 5. The number of nitrogen functional groups attached to an aromatic ring is 1. The van der Waals surface area contributed by atoms with Crippen molar-refractivity contribution in [2.45, 2.75) is 62.3 Å². The summed E-state index contributed by atoms with van der Waals surface area (Å²) >= 11 is 0. The van der Waals surface area contributed by atoms with E-state index in [2.05, 4.69) is 0 Å². The lowest BCUT2D eigenvalue weighted by molar-refractivity contribution is -0.131. The van der Waals surface area contributed by atoms with Gasteiger partial charge in [-0.15, -0.1) is 0 Å². The van der Waals surface area contributed by atoms with Crippen LogP contribution in [0.5, 0.6) is 74.7 Å². The highest BCUT2D eigenvalue weighted by atomic mass is 16.5. The molecule has 0 aliphatic rings. The summed E-state index contributed by atoms with van der Waals surface area (Å²) in [6.07, 6.45) is 0. The molecule has 96 heavy (non-hydrogen) atoms. The smallest absolute Gasteiger partial charge is 0.308 e. The molecule has 23 heteroatoms. The van der Waals surface area contributed by atoms with Crippen molar-refractivity contribution in [3.63, 3.8) is 0 Å². The molecule has 0 radical (unpaired) electrons. The van der Waals surface area contributed by atoms with Crippen molar-refractivity contribution in [2.24, 2.45) is 0 Å². The van der Waals surface area contributed by atoms with Crippen LogP contribution in [-0.2, 0) is 4.79 Å². The minimum absolute atomic E-state index is 0.0121. The van der Waals surface area contributed by atoms with Crippen LogP contribution in [0.2, 0.25) is 0 Å². The maximum absolute atomic E-state index is 11.4. The predicted octanol–water partition coefficient (Wildman–Crippen LogP) is 13.2. The Labute approximate surface area is 557 Å². The van der Waals surface area contributed by atoms with Gasteiger partial charge in [0.15, 0.2) is 46.3 Å². The Morgan fingerprint density at radius 3 is 0.990 bits per heavy atom. The van der Waals surface area contributed by atoms with Crippen molar-refractivity contribution >= 4 is 57.9 Å². The van der Waals surface area contributed by atoms with Gasteiger partial charge in [0, 0.05) is 48.5 Å². The van der Waals surface area contributed by atoms with Crippen molar-refractivity contribution in [1.82, 2.24) is 0 Å². The molecule has 0 amide bonds. The highest BCUT2D eigenvalue weighted by Crippen LogP contribution is 2.35. The first kappa shape index (κ1) is 82.0. The van der Waals surface area contributed by atoms with Crippen LogP contribution in [0, 0.1) is 0 Å². The molecule has 0 fully saturated rings. The minimum Gasteiger partial charge on any atom is -0.508 e. The third-order valence-corrected chi connectivity index (χ3v) is 12.5. The average Bonchev–Trinajstić information content (AvgIpc) is 0.890. The maximum Gasteiger partial charge on any atom is 0.308 e. The van der Waals surface area contributed by atoms with Gasteiger partial charge in [-0.3, -0.25) is 43.2 Å². The largest absolute Gasteiger partial charge is 0.508 e. The van der Waals surface area contributed by atoms with E-state index >= 15 is 0 Å². The second-order valence-corrected chi connectivity index (χ2v) is 19.5. The Kier molecular flexibility index (Phi) is 36.0. The standard InChI is InChI=1S/C11H14O4.C10H12O3.C10H10O3.C9H10O3.C9H10O2.C8H9NO.C8H8O4.C8H8O2/c1-7(12)11-9(14-3)5-8(13-2)6-10(11)15-4;1-7(11)9-5-4-8(12-2)6-10(9)13-3;1-7(11)9-5-3-4-6-10(9)13-8(2)12;1-6(10)9-7(11)4-3-5-8(9)12-2;1-7(10)8-5-3-4-6-9(8)11-2;1-6(10)7-4-2-3-5-8(7)9;1-4(9)8-6(11)2-5(10)3-7(8)12;1-6(9)7-4-2-3-5-8(7)10/h5-6H,1-4H3;4-6H,1-3H3;3-6H,1-2H3;3-5,11H,1-2H3;3-6H,1-2H3;2-5H,9H2,1H3;2-3,10-12H,1H3;2-5,10H,1H3. The lowest BCUT2D eigenvalue weighted by atomic mass is 10.1. The van der Waals surface area contributed by atoms with Gasteiger partial charge in [-0.1, -0.05) is 54.6 Å². The molecular weight excluding hydrogens is 1240 g/mol. The molecule has 0 spiro atoms. The third-order valence-electron chi connectivity index (χ3n) is 12.5. The first-order valence-electron chi connectivity index (χ1n) is 28.5. The normalized spacial score (nSPS) is 9.46. The zero-order valence-corrected chi connectivity index (χ0v) is 56.3. The van der Waals surface area contributed by atoms with Gasteiger partial charge in [0.05, 0.1) is 72.0 Å². The number of carbonyl (C=O) groups excluding carboxylic acids is 9. The SMILES string of the molecule is CC(=O)Oc1ccccc1C(C)=O.CC(=O)c1c(O)cc(O)cc1O.CC(=O)c1ccccc1N.CC(=O)c1ccccc1O.COc1cc(OC)c(C(C)=O)c(OC)c1.COc1ccc(C(C)=O)c(OC)c1.COc1cccc(O)c1C(C)=O.COc1ccccc1C(C)=O. The summed E-state index contributed by atoms with van der Waals surface area (Å²) in [5, 5.41) is 45.4. The first-order chi connectivity index (χ1) is 45.3. The zero-order chi connectivity index (χ0) is 72.9. The number of hydrogen-bond donors (Lipinski definition) is 6. The Bertz CT molecular complexity index is 3860. The van der Waals surface area contributed by atoms with Gasteiger partial charge in [0.25, 0.3) is 0 Å². The van der Waals surface area contributed by atoms with Crippen molar-refractivity contribution in [3.8, 4) is 74.7 Å². The van der Waals surface area contributed by atoms with Gasteiger partial charge in [0.1, 0.15) is 91.4 Å². The summed E-state index contributed by atoms with van der Waals surface area (Å²) in [7, 11) is 10.7. The van der Waals surface area contributed by atoms with E-state index in [1.54, 1.807) is 137 Å². The van der Waals surface area contributed by atoms with Gasteiger partial charge in [-0.05, 0) is 128 Å². The molecule has 0 unspecified atom stereocenters. The van der Waals surface area contributed by atoms with Crippen molar-refractivity contribution in [1.29, 1.82) is 0 Å². The molecule has 0 atom stereocenters. The van der Waals surface area contributed by atoms with E-state index in [0.29, 0.717) is 85.1 Å². The molecule has 0 bridgehead atoms. The first-order valence-corrected chi connectivity index (χ1v) is 28.5. The molecule has 23 nitrogen and oxygen atoms in total. The van der Waals surface area contributed by atoms with Gasteiger partial charge in [0.2, 0.25) is 0 Å². The summed E-state index contributed by atoms with van der Waals surface area (Å²) in [6, 6.07) is 42.5. The quantitative estimate of drug-likeness (QED) is 0.0226. The highest BCUT2D eigenvalue weighted by Gasteiger charge is 2.18. The number of ether oxygens (including phenoxy) is 8. The van der Waals surface area contributed by atoms with E-state index in [0.717, 1.165) is 12.1 Å². The second-order valence-electron chi connectivity index (χ2n) is 19.5. The summed E-state index contributed by atoms with van der Waals surface area (Å²) < 4.78 is 40.1. The van der Waals surface area contributed by atoms with Crippen molar-refractivity contribution in [3.05, 3.63) is 202 Å². The van der Waals surface area contributed by atoms with Gasteiger partial charge in [-0.25, -0.2) is 0 Å². The number of rotatable bonds is 16. The second kappa shape index (κ2) is 42.2. The number of esters is 1. The van der Waals surface area contributed by atoms with E-state index in [1.807, 2.05) is 18.2 Å². The van der Waals surface area contributed by atoms with E-state index in [9.17, 15) is 48.3 Å². The van der Waals surface area contributed by atoms with E-state index in [4.69, 9.17) is 64.1 Å². The molecule has 8 aromatic rings. The summed E-state index contributed by atoms with van der Waals surface area (Å²) in [5.74, 6) is 1.61. The van der Waals surface area contributed by atoms with Gasteiger partial charge < -0.3 is 69.2 Å². The number of aromatic hydroxyl groups is 5. The number of benzene rings is 8. The third kappa shape index (κ3) is 27.1. The molecular formula is C73H81NO22. The number of para-hydroxylation sites is 4. The number of methoxy groups -OCH3 is 7. The Balaban J connectivity index is 0.000000550. The number of hydrogen-bond acceptors (Lipinski definition) is 23. The van der Waals surface area contributed by atoms with E-state index in [-0.39, 0.29) is 68.9 Å². The molecule has 0 heterocycles. The Morgan fingerprint density at radius 1 is 0.281 bits per heavy atom. The fourth-order valence-corrected chi connectivity index (χ4v) is 7.97. The fourth-order valence-electron chi connectivity index (χ4n) is 7.97. The van der Waals surface area contributed by atoms with Crippen LogP contribution in [0.3, 0.4) is 0 Å². The van der Waals surface area contributed by atoms with Crippen molar-refractivity contribution < 1.29 is 107 Å². The van der Waals surface area contributed by atoms with Crippen LogP contribution in [0.4, 0.5) is 5.69 Å². The Morgan fingerprint density at radius 2 is 0.635 bits per heavy atom. The zero-order valence-electron chi connectivity index (χ0n) is 56.3. The lowest BCUT2D eigenvalue weighted by Gasteiger charge is -2.12. The molecule has 510 valence electrons. The molecule has 0 saturated heterocycles. The van der Waals surface area contributed by atoms with Gasteiger partial charge >= 0.3 is 5.97 Å².